The maximum absolute atomic E-state index is 12.7. The van der Waals surface area contributed by atoms with E-state index in [0.717, 1.165) is 30.4 Å². The maximum Gasteiger partial charge on any atom is 0.416 e. The van der Waals surface area contributed by atoms with Gasteiger partial charge in [0.2, 0.25) is 0 Å². The Hall–Kier alpha value is -1.03. The van der Waals surface area contributed by atoms with Gasteiger partial charge in [-0.1, -0.05) is 25.5 Å². The molecule has 2 aliphatic rings. The van der Waals surface area contributed by atoms with Crippen LogP contribution in [0.25, 0.3) is 0 Å². The molecule has 0 aromatic heterocycles. The molecule has 21 heavy (non-hydrogen) atoms. The zero-order valence-corrected chi connectivity index (χ0v) is 12.3. The van der Waals surface area contributed by atoms with E-state index in [9.17, 15) is 13.2 Å². The Bertz CT molecular complexity index is 470. The van der Waals surface area contributed by atoms with E-state index in [4.69, 9.17) is 0 Å². The van der Waals surface area contributed by atoms with Gasteiger partial charge in [0.15, 0.2) is 0 Å². The summed E-state index contributed by atoms with van der Waals surface area (Å²) < 4.78 is 38.0. The van der Waals surface area contributed by atoms with E-state index in [2.05, 4.69) is 12.2 Å². The van der Waals surface area contributed by atoms with Gasteiger partial charge in [0.05, 0.1) is 5.56 Å². The van der Waals surface area contributed by atoms with Crippen LogP contribution in [0, 0.1) is 17.8 Å². The molecule has 3 atom stereocenters. The molecule has 4 heteroatoms. The Kier molecular flexibility index (Phi) is 4.00. The number of hydrogen-bond donors (Lipinski definition) is 1. The lowest BCUT2D eigenvalue weighted by Crippen LogP contribution is -2.25. The van der Waals surface area contributed by atoms with Crippen LogP contribution in [-0.4, -0.2) is 6.54 Å². The first-order valence-electron chi connectivity index (χ1n) is 7.93. The Labute approximate surface area is 123 Å². The molecular formula is C17H22F3N. The Morgan fingerprint density at radius 1 is 1.14 bits per heavy atom. The van der Waals surface area contributed by atoms with Crippen molar-refractivity contribution in [2.45, 2.75) is 44.8 Å². The highest BCUT2D eigenvalue weighted by molar-refractivity contribution is 5.29. The van der Waals surface area contributed by atoms with E-state index in [1.807, 2.05) is 0 Å². The average molecular weight is 297 g/mol. The normalized spacial score (nSPS) is 29.2. The Morgan fingerprint density at radius 3 is 2.29 bits per heavy atom. The van der Waals surface area contributed by atoms with Crippen LogP contribution in [0.15, 0.2) is 24.3 Å². The minimum Gasteiger partial charge on any atom is -0.310 e. The number of rotatable bonds is 5. The van der Waals surface area contributed by atoms with Crippen LogP contribution in [0.5, 0.6) is 0 Å². The highest BCUT2D eigenvalue weighted by atomic mass is 19.4. The summed E-state index contributed by atoms with van der Waals surface area (Å²) in [7, 11) is 0. The largest absolute Gasteiger partial charge is 0.416 e. The summed E-state index contributed by atoms with van der Waals surface area (Å²) in [5.41, 5.74) is 0.451. The summed E-state index contributed by atoms with van der Waals surface area (Å²) in [6, 6.07) is 5.97. The van der Waals surface area contributed by atoms with E-state index in [1.54, 1.807) is 12.1 Å². The fourth-order valence-corrected chi connectivity index (χ4v) is 4.03. The summed E-state index contributed by atoms with van der Waals surface area (Å²) >= 11 is 0. The van der Waals surface area contributed by atoms with Gasteiger partial charge in [0.25, 0.3) is 0 Å². The number of alkyl halides is 3. The first-order valence-corrected chi connectivity index (χ1v) is 7.93. The Morgan fingerprint density at radius 2 is 1.76 bits per heavy atom. The number of halogens is 3. The summed E-state index contributed by atoms with van der Waals surface area (Å²) in [6.45, 7) is 3.03. The molecule has 1 N–H and O–H groups in total. The third-order valence-corrected chi connectivity index (χ3v) is 5.07. The molecule has 3 unspecified atom stereocenters. The molecule has 0 spiro atoms. The van der Waals surface area contributed by atoms with Gasteiger partial charge in [0.1, 0.15) is 0 Å². The van der Waals surface area contributed by atoms with E-state index in [1.165, 1.54) is 31.4 Å². The molecule has 0 aliphatic heterocycles. The first-order chi connectivity index (χ1) is 10.0. The van der Waals surface area contributed by atoms with Crippen molar-refractivity contribution < 1.29 is 13.2 Å². The van der Waals surface area contributed by atoms with E-state index < -0.39 is 11.7 Å². The molecular weight excluding hydrogens is 275 g/mol. The highest BCUT2D eigenvalue weighted by Crippen LogP contribution is 2.62. The molecule has 3 rings (SSSR count). The van der Waals surface area contributed by atoms with Crippen LogP contribution in [0.4, 0.5) is 13.2 Å². The van der Waals surface area contributed by atoms with E-state index in [0.29, 0.717) is 5.92 Å². The number of benzene rings is 1. The molecule has 2 fully saturated rings. The van der Waals surface area contributed by atoms with Gasteiger partial charge in [-0.3, -0.25) is 0 Å². The van der Waals surface area contributed by atoms with Gasteiger partial charge >= 0.3 is 6.18 Å². The summed E-state index contributed by atoms with van der Waals surface area (Å²) in [6.07, 6.45) is 0.694. The molecule has 0 bridgehead atoms. The molecule has 1 aromatic rings. The van der Waals surface area contributed by atoms with Crippen LogP contribution in [0.3, 0.4) is 0 Å². The van der Waals surface area contributed by atoms with Gasteiger partial charge in [0, 0.05) is 6.04 Å². The van der Waals surface area contributed by atoms with Gasteiger partial charge in [-0.05, 0) is 61.3 Å². The van der Waals surface area contributed by atoms with Crippen LogP contribution >= 0.6 is 0 Å². The fourth-order valence-electron chi connectivity index (χ4n) is 4.03. The zero-order chi connectivity index (χ0) is 15.0. The van der Waals surface area contributed by atoms with Crippen LogP contribution in [0.2, 0.25) is 0 Å². The van der Waals surface area contributed by atoms with Gasteiger partial charge < -0.3 is 5.32 Å². The van der Waals surface area contributed by atoms with Gasteiger partial charge in [-0.15, -0.1) is 0 Å². The molecule has 0 heterocycles. The summed E-state index contributed by atoms with van der Waals surface area (Å²) in [5.74, 6) is 2.21. The average Bonchev–Trinajstić information content (AvgIpc) is 2.92. The minimum atomic E-state index is -4.25. The zero-order valence-electron chi connectivity index (χ0n) is 12.3. The van der Waals surface area contributed by atoms with Crippen molar-refractivity contribution in [3.8, 4) is 0 Å². The van der Waals surface area contributed by atoms with Crippen molar-refractivity contribution >= 4 is 0 Å². The number of nitrogens with one attached hydrogen (secondary N) is 1. The second kappa shape index (κ2) is 5.64. The minimum absolute atomic E-state index is 0.225. The monoisotopic (exact) mass is 297 g/mol. The lowest BCUT2D eigenvalue weighted by Gasteiger charge is -2.21. The molecule has 1 nitrogen and oxygen atoms in total. The number of hydrogen-bond acceptors (Lipinski definition) is 1. The third kappa shape index (κ3) is 2.96. The lowest BCUT2D eigenvalue weighted by atomic mass is 9.96. The van der Waals surface area contributed by atoms with Crippen molar-refractivity contribution in [3.05, 3.63) is 35.4 Å². The quantitative estimate of drug-likeness (QED) is 0.823. The lowest BCUT2D eigenvalue weighted by molar-refractivity contribution is -0.137. The second-order valence-corrected chi connectivity index (χ2v) is 6.39. The molecule has 0 saturated heterocycles. The third-order valence-electron chi connectivity index (χ3n) is 5.07. The Balaban J connectivity index is 1.76. The van der Waals surface area contributed by atoms with Crippen LogP contribution in [-0.2, 0) is 6.18 Å². The van der Waals surface area contributed by atoms with Gasteiger partial charge in [-0.25, -0.2) is 0 Å². The predicted octanol–water partition coefficient (Wildman–Crippen LogP) is 4.79. The molecule has 1 aromatic carbocycles. The standard InChI is InChI=1S/C17H22F3N/c1-2-10-21-16(15-13-4-3-5-14(13)15)11-6-8-12(9-7-11)17(18,19)20/h6-9,13-16,21H,2-5,10H2,1H3. The predicted molar refractivity (Wildman–Crippen MR) is 76.8 cm³/mol. The van der Waals surface area contributed by atoms with Crippen molar-refractivity contribution in [3.63, 3.8) is 0 Å². The summed E-state index contributed by atoms with van der Waals surface area (Å²) in [4.78, 5) is 0. The molecule has 2 aliphatic carbocycles. The highest BCUT2D eigenvalue weighted by Gasteiger charge is 2.55. The molecule has 116 valence electrons. The van der Waals surface area contributed by atoms with Crippen molar-refractivity contribution in [2.24, 2.45) is 17.8 Å². The van der Waals surface area contributed by atoms with Crippen LogP contribution in [0.1, 0.15) is 49.8 Å². The van der Waals surface area contributed by atoms with Crippen LogP contribution < -0.4 is 5.32 Å². The van der Waals surface area contributed by atoms with Crippen molar-refractivity contribution in [1.82, 2.24) is 5.32 Å². The fraction of sp³-hybridized carbons (Fsp3) is 0.647. The molecule has 2 saturated carbocycles. The van der Waals surface area contributed by atoms with E-state index in [-0.39, 0.29) is 6.04 Å². The number of fused-ring (bicyclic) bond motifs is 1. The first kappa shape index (κ1) is 14.9. The van der Waals surface area contributed by atoms with Crippen molar-refractivity contribution in [1.29, 1.82) is 0 Å². The second-order valence-electron chi connectivity index (χ2n) is 6.39. The SMILES string of the molecule is CCCNC(c1ccc(C(F)(F)F)cc1)C1C2CCCC21. The maximum atomic E-state index is 12.7. The van der Waals surface area contributed by atoms with E-state index >= 15 is 0 Å². The molecule has 0 radical (unpaired) electrons. The summed E-state index contributed by atoms with van der Waals surface area (Å²) in [5, 5.41) is 3.55. The van der Waals surface area contributed by atoms with Crippen molar-refractivity contribution in [2.75, 3.05) is 6.54 Å². The smallest absolute Gasteiger partial charge is 0.310 e. The topological polar surface area (TPSA) is 12.0 Å². The molecule has 0 amide bonds. The van der Waals surface area contributed by atoms with Gasteiger partial charge in [-0.2, -0.15) is 13.2 Å².